The third-order valence-electron chi connectivity index (χ3n) is 4.51. The summed E-state index contributed by atoms with van der Waals surface area (Å²) in [6.07, 6.45) is 1.90. The molecule has 0 aliphatic rings. The maximum atomic E-state index is 9.34. The van der Waals surface area contributed by atoms with E-state index < -0.39 is 0 Å². The van der Waals surface area contributed by atoms with Gasteiger partial charge in [0.25, 0.3) is 0 Å². The zero-order chi connectivity index (χ0) is 17.5. The van der Waals surface area contributed by atoms with E-state index in [0.29, 0.717) is 5.76 Å². The van der Waals surface area contributed by atoms with Crippen LogP contribution in [0.5, 0.6) is 0 Å². The highest BCUT2D eigenvalue weighted by Gasteiger charge is 2.20. The number of rotatable bonds is 3. The zero-order valence-corrected chi connectivity index (χ0v) is 14.5. The van der Waals surface area contributed by atoms with Crippen LogP contribution in [0.2, 0.25) is 0 Å². The molecule has 0 amide bonds. The molecule has 5 heteroatoms. The molecule has 0 saturated heterocycles. The van der Waals surface area contributed by atoms with Crippen molar-refractivity contribution < 1.29 is 4.42 Å². The van der Waals surface area contributed by atoms with Crippen LogP contribution >= 0.6 is 11.3 Å². The molecular formula is C21H13N3OS. The summed E-state index contributed by atoms with van der Waals surface area (Å²) >= 11 is 1.57. The number of hydrogen-bond donors (Lipinski definition) is 0. The molecule has 0 aliphatic carbocycles. The molecule has 5 rings (SSSR count). The molecular weight excluding hydrogens is 342 g/mol. The van der Waals surface area contributed by atoms with Crippen molar-refractivity contribution in [3.8, 4) is 28.8 Å². The summed E-state index contributed by atoms with van der Waals surface area (Å²) in [5.41, 5.74) is 3.76. The van der Waals surface area contributed by atoms with Crippen LogP contribution in [-0.2, 0) is 6.42 Å². The first-order valence-corrected chi connectivity index (χ1v) is 9.12. The molecule has 3 heterocycles. The highest BCUT2D eigenvalue weighted by atomic mass is 32.1. The Morgan fingerprint density at radius 1 is 1.08 bits per heavy atom. The van der Waals surface area contributed by atoms with Gasteiger partial charge in [0, 0.05) is 10.9 Å². The largest absolute Gasteiger partial charge is 0.463 e. The van der Waals surface area contributed by atoms with Crippen LogP contribution in [0, 0.1) is 11.3 Å². The van der Waals surface area contributed by atoms with Crippen molar-refractivity contribution in [2.24, 2.45) is 0 Å². The topological polar surface area (TPSA) is 54.2 Å². The predicted octanol–water partition coefficient (Wildman–Crippen LogP) is 5.54. The number of benzene rings is 2. The van der Waals surface area contributed by atoms with Crippen LogP contribution in [0.4, 0.5) is 0 Å². The van der Waals surface area contributed by atoms with Gasteiger partial charge in [0.05, 0.1) is 30.1 Å². The summed E-state index contributed by atoms with van der Waals surface area (Å²) in [6.45, 7) is 0. The van der Waals surface area contributed by atoms with E-state index in [-0.39, 0.29) is 6.42 Å². The van der Waals surface area contributed by atoms with Gasteiger partial charge in [0.2, 0.25) is 0 Å². The van der Waals surface area contributed by atoms with E-state index in [1.54, 1.807) is 17.6 Å². The Labute approximate surface area is 153 Å². The second-order valence-electron chi connectivity index (χ2n) is 6.02. The summed E-state index contributed by atoms with van der Waals surface area (Å²) in [6, 6.07) is 20.7. The molecule has 0 N–H and O–H groups in total. The van der Waals surface area contributed by atoms with E-state index in [1.165, 1.54) is 10.8 Å². The average Bonchev–Trinajstić information content (AvgIpc) is 3.39. The molecule has 0 fully saturated rings. The number of aromatic nitrogens is 2. The van der Waals surface area contributed by atoms with Crippen molar-refractivity contribution in [1.82, 2.24) is 9.38 Å². The van der Waals surface area contributed by atoms with E-state index >= 15 is 0 Å². The Balaban J connectivity index is 1.76. The second kappa shape index (κ2) is 5.87. The van der Waals surface area contributed by atoms with E-state index in [4.69, 9.17) is 9.40 Å². The van der Waals surface area contributed by atoms with Gasteiger partial charge >= 0.3 is 0 Å². The number of imidazole rings is 1. The lowest BCUT2D eigenvalue weighted by molar-refractivity contribution is 0.580. The van der Waals surface area contributed by atoms with Crippen molar-refractivity contribution in [1.29, 1.82) is 5.26 Å². The van der Waals surface area contributed by atoms with Crippen LogP contribution in [0.1, 0.15) is 5.69 Å². The summed E-state index contributed by atoms with van der Waals surface area (Å²) in [5.74, 6) is 0.690. The van der Waals surface area contributed by atoms with Gasteiger partial charge < -0.3 is 4.42 Å². The van der Waals surface area contributed by atoms with E-state index in [2.05, 4.69) is 46.2 Å². The summed E-state index contributed by atoms with van der Waals surface area (Å²) in [5, 5.41) is 13.8. The minimum absolute atomic E-state index is 0.272. The van der Waals surface area contributed by atoms with Crippen molar-refractivity contribution in [3.05, 3.63) is 71.9 Å². The molecule has 0 unspecified atom stereocenters. The lowest BCUT2D eigenvalue weighted by Gasteiger charge is -2.05. The van der Waals surface area contributed by atoms with Gasteiger partial charge in [-0.2, -0.15) is 5.26 Å². The minimum Gasteiger partial charge on any atom is -0.463 e. The number of furan rings is 1. The van der Waals surface area contributed by atoms with Crippen LogP contribution in [0.25, 0.3) is 38.4 Å². The summed E-state index contributed by atoms with van der Waals surface area (Å²) < 4.78 is 7.61. The maximum absolute atomic E-state index is 9.34. The average molecular weight is 355 g/mol. The van der Waals surface area contributed by atoms with Crippen molar-refractivity contribution in [2.45, 2.75) is 6.42 Å². The Bertz CT molecular complexity index is 1270. The molecule has 124 valence electrons. The minimum atomic E-state index is 0.272. The number of hydrogen-bond acceptors (Lipinski definition) is 4. The first kappa shape index (κ1) is 14.9. The fourth-order valence-corrected chi connectivity index (χ4v) is 4.23. The van der Waals surface area contributed by atoms with Gasteiger partial charge in [0.15, 0.2) is 10.7 Å². The lowest BCUT2D eigenvalue weighted by atomic mass is 10.1. The molecule has 0 spiro atoms. The molecule has 0 atom stereocenters. The first-order chi connectivity index (χ1) is 12.8. The monoisotopic (exact) mass is 355 g/mol. The fraction of sp³-hybridized carbons (Fsp3) is 0.0476. The smallest absolute Gasteiger partial charge is 0.195 e. The highest BCUT2D eigenvalue weighted by Crippen LogP contribution is 2.34. The second-order valence-corrected chi connectivity index (χ2v) is 6.86. The molecule has 2 aromatic carbocycles. The number of nitrogens with zero attached hydrogens (tertiary/aromatic N) is 3. The standard InChI is InChI=1S/C21H13N3OS/c22-10-9-17-20(19-6-3-11-25-19)23-21-24(17)18(13-26-21)16-8-7-14-4-1-2-5-15(14)12-16/h1-8,11-13H,9H2. The number of nitriles is 1. The quantitative estimate of drug-likeness (QED) is 0.427. The highest BCUT2D eigenvalue weighted by molar-refractivity contribution is 7.15. The molecule has 5 aromatic rings. The third kappa shape index (κ3) is 2.24. The first-order valence-electron chi connectivity index (χ1n) is 8.24. The normalized spacial score (nSPS) is 11.2. The third-order valence-corrected chi connectivity index (χ3v) is 5.33. The van der Waals surface area contributed by atoms with Gasteiger partial charge in [-0.3, -0.25) is 4.40 Å². The molecule has 0 saturated carbocycles. The molecule has 4 nitrogen and oxygen atoms in total. The maximum Gasteiger partial charge on any atom is 0.195 e. The number of fused-ring (bicyclic) bond motifs is 2. The van der Waals surface area contributed by atoms with Gasteiger partial charge in [-0.25, -0.2) is 4.98 Å². The zero-order valence-electron chi connectivity index (χ0n) is 13.7. The van der Waals surface area contributed by atoms with E-state index in [0.717, 1.165) is 27.6 Å². The predicted molar refractivity (Wildman–Crippen MR) is 103 cm³/mol. The van der Waals surface area contributed by atoms with Crippen LogP contribution in [-0.4, -0.2) is 9.38 Å². The van der Waals surface area contributed by atoms with Crippen LogP contribution < -0.4 is 0 Å². The SMILES string of the molecule is N#CCc1c(-c2ccco2)nc2scc(-c3ccc4ccccc4c3)n12. The van der Waals surface area contributed by atoms with Crippen LogP contribution in [0.15, 0.2) is 70.7 Å². The van der Waals surface area contributed by atoms with Crippen molar-refractivity contribution in [3.63, 3.8) is 0 Å². The Morgan fingerprint density at radius 3 is 2.77 bits per heavy atom. The lowest BCUT2D eigenvalue weighted by Crippen LogP contribution is -1.94. The Hall–Kier alpha value is -3.36. The molecule has 0 aliphatic heterocycles. The van der Waals surface area contributed by atoms with E-state index in [9.17, 15) is 5.26 Å². The Kier molecular flexibility index (Phi) is 3.37. The van der Waals surface area contributed by atoms with Gasteiger partial charge in [0.1, 0.15) is 5.69 Å². The van der Waals surface area contributed by atoms with Gasteiger partial charge in [-0.05, 0) is 29.0 Å². The Morgan fingerprint density at radius 2 is 1.96 bits per heavy atom. The molecule has 3 aromatic heterocycles. The van der Waals surface area contributed by atoms with Gasteiger partial charge in [-0.1, -0.05) is 36.4 Å². The van der Waals surface area contributed by atoms with Gasteiger partial charge in [-0.15, -0.1) is 11.3 Å². The van der Waals surface area contributed by atoms with E-state index in [1.807, 2.05) is 24.3 Å². The van der Waals surface area contributed by atoms with Crippen molar-refractivity contribution >= 4 is 27.1 Å². The molecule has 0 radical (unpaired) electrons. The molecule has 26 heavy (non-hydrogen) atoms. The number of thiazole rings is 1. The summed E-state index contributed by atoms with van der Waals surface area (Å²) in [7, 11) is 0. The fourth-order valence-electron chi connectivity index (χ4n) is 3.31. The van der Waals surface area contributed by atoms with Crippen molar-refractivity contribution in [2.75, 3.05) is 0 Å². The summed E-state index contributed by atoms with van der Waals surface area (Å²) in [4.78, 5) is 5.58. The van der Waals surface area contributed by atoms with Crippen LogP contribution in [0.3, 0.4) is 0 Å². The molecule has 0 bridgehead atoms.